The molecule has 8 nitrogen and oxygen atoms in total. The van der Waals surface area contributed by atoms with E-state index in [9.17, 15) is 19.4 Å². The number of amides is 1. The topological polar surface area (TPSA) is 105 Å². The average molecular weight is 1100 g/mol. The summed E-state index contributed by atoms with van der Waals surface area (Å²) in [4.78, 5) is 23.4. The van der Waals surface area contributed by atoms with Gasteiger partial charge >= 0.3 is 7.82 Å². The van der Waals surface area contributed by atoms with Gasteiger partial charge in [-0.2, -0.15) is 0 Å². The maximum Gasteiger partial charge on any atom is 0.472 e. The van der Waals surface area contributed by atoms with Gasteiger partial charge in [-0.1, -0.05) is 305 Å². The molecular formula is C68H128N2O6P+. The largest absolute Gasteiger partial charge is 0.472 e. The van der Waals surface area contributed by atoms with E-state index in [1.807, 2.05) is 21.1 Å². The molecule has 3 N–H and O–H groups in total. The summed E-state index contributed by atoms with van der Waals surface area (Å²) in [5, 5.41) is 14.1. The van der Waals surface area contributed by atoms with Crippen LogP contribution in [0, 0.1) is 0 Å². The molecule has 3 atom stereocenters. The van der Waals surface area contributed by atoms with Crippen LogP contribution in [-0.4, -0.2) is 73.4 Å². The van der Waals surface area contributed by atoms with Crippen LogP contribution in [0.1, 0.15) is 303 Å². The summed E-state index contributed by atoms with van der Waals surface area (Å²) in [7, 11) is 1.62. The fraction of sp³-hybridized carbons (Fsp3) is 0.809. The molecule has 9 heteroatoms. The Balaban J connectivity index is 4.07. The van der Waals surface area contributed by atoms with Crippen molar-refractivity contribution in [2.75, 3.05) is 40.9 Å². The van der Waals surface area contributed by atoms with Gasteiger partial charge < -0.3 is 19.8 Å². The lowest BCUT2D eigenvalue weighted by Crippen LogP contribution is -2.46. The number of quaternary nitrogens is 1. The SMILES string of the molecule is CC/C=C\C/C=C\C/C=C\C/C=C\C/C=C\C/C=C\CCCCCCCCCCCCCCCCC(=O)NC(COP(=O)(O)OCC[N+](C)(C)C)C(O)CCCCCCCCCCCCCCCCCCCCCCCC. The standard InChI is InChI=1S/C68H127N2O6P/c1-6-8-10-12-14-16-18-20-22-24-26-28-30-31-32-33-34-35-36-37-38-39-40-42-44-46-48-50-52-54-56-58-60-62-68(72)69-66(65-76-77(73,74)75-64-63-70(3,4)5)67(71)61-59-57-55-53-51-49-47-45-43-41-29-27-25-23-21-19-17-15-13-11-9-7-2/h8,10,14,16,20,22,26,28,31-32,34-35,66-67,71H,6-7,9,11-13,15,17-19,21,23-25,27,29-30,33,36-65H2,1-5H3,(H-,69,72,73,74)/p+1/b10-8-,16-14-,22-20-,28-26-,32-31-,35-34-. The molecule has 0 heterocycles. The zero-order valence-corrected chi connectivity index (χ0v) is 52.3. The number of carbonyl (C=O) groups excluding carboxylic acids is 1. The molecule has 0 spiro atoms. The molecule has 0 aliphatic carbocycles. The summed E-state index contributed by atoms with van der Waals surface area (Å²) in [6, 6.07) is -0.765. The van der Waals surface area contributed by atoms with E-state index in [4.69, 9.17) is 9.05 Å². The minimum absolute atomic E-state index is 0.0735. The quantitative estimate of drug-likeness (QED) is 0.0243. The van der Waals surface area contributed by atoms with Crippen LogP contribution in [0.2, 0.25) is 0 Å². The number of aliphatic hydroxyl groups is 1. The number of likely N-dealkylation sites (N-methyl/N-ethyl adjacent to an activating group) is 1. The third-order valence-corrected chi connectivity index (χ3v) is 15.7. The van der Waals surface area contributed by atoms with E-state index in [1.165, 1.54) is 199 Å². The van der Waals surface area contributed by atoms with Crippen molar-refractivity contribution in [2.24, 2.45) is 0 Å². The normalized spacial score (nSPS) is 14.2. The molecule has 1 amide bonds. The van der Waals surface area contributed by atoms with E-state index in [0.29, 0.717) is 23.9 Å². The van der Waals surface area contributed by atoms with Crippen molar-refractivity contribution in [3.8, 4) is 0 Å². The summed E-state index contributed by atoms with van der Waals surface area (Å²) in [6.07, 6.45) is 81.2. The van der Waals surface area contributed by atoms with Crippen molar-refractivity contribution in [1.82, 2.24) is 5.32 Å². The highest BCUT2D eigenvalue weighted by Gasteiger charge is 2.28. The van der Waals surface area contributed by atoms with Crippen LogP contribution in [0.5, 0.6) is 0 Å². The van der Waals surface area contributed by atoms with Gasteiger partial charge in [0.2, 0.25) is 5.91 Å². The molecule has 0 saturated carbocycles. The number of aliphatic hydroxyl groups excluding tert-OH is 1. The van der Waals surface area contributed by atoms with Gasteiger partial charge in [0.1, 0.15) is 13.2 Å². The third-order valence-electron chi connectivity index (χ3n) is 14.7. The van der Waals surface area contributed by atoms with Crippen LogP contribution >= 0.6 is 7.82 Å². The van der Waals surface area contributed by atoms with E-state index in [-0.39, 0.29) is 19.1 Å². The Bertz CT molecular complexity index is 1480. The Kier molecular flexibility index (Phi) is 57.0. The highest BCUT2D eigenvalue weighted by molar-refractivity contribution is 7.47. The van der Waals surface area contributed by atoms with E-state index >= 15 is 0 Å². The van der Waals surface area contributed by atoms with Gasteiger partial charge in [0, 0.05) is 6.42 Å². The fourth-order valence-electron chi connectivity index (χ4n) is 9.64. The number of hydrogen-bond donors (Lipinski definition) is 3. The van der Waals surface area contributed by atoms with Gasteiger partial charge in [-0.25, -0.2) is 4.57 Å². The lowest BCUT2D eigenvalue weighted by atomic mass is 10.0. The molecular weight excluding hydrogens is 972 g/mol. The molecule has 0 fully saturated rings. The Morgan fingerprint density at radius 2 is 0.779 bits per heavy atom. The molecule has 0 radical (unpaired) electrons. The second kappa shape index (κ2) is 58.6. The van der Waals surface area contributed by atoms with E-state index < -0.39 is 20.0 Å². The number of allylic oxidation sites excluding steroid dienone is 12. The molecule has 0 aliphatic heterocycles. The smallest absolute Gasteiger partial charge is 0.391 e. The van der Waals surface area contributed by atoms with Crippen LogP contribution in [-0.2, 0) is 18.4 Å². The fourth-order valence-corrected chi connectivity index (χ4v) is 10.4. The molecule has 450 valence electrons. The Morgan fingerprint density at radius 3 is 1.14 bits per heavy atom. The maximum atomic E-state index is 13.1. The predicted molar refractivity (Wildman–Crippen MR) is 337 cm³/mol. The lowest BCUT2D eigenvalue weighted by molar-refractivity contribution is -0.870. The first kappa shape index (κ1) is 74.9. The van der Waals surface area contributed by atoms with E-state index in [2.05, 4.69) is 92.1 Å². The number of hydrogen-bond acceptors (Lipinski definition) is 5. The van der Waals surface area contributed by atoms with Crippen LogP contribution in [0.15, 0.2) is 72.9 Å². The van der Waals surface area contributed by atoms with Crippen LogP contribution in [0.3, 0.4) is 0 Å². The van der Waals surface area contributed by atoms with Crippen molar-refractivity contribution in [3.63, 3.8) is 0 Å². The summed E-state index contributed by atoms with van der Waals surface area (Å²) < 4.78 is 23.9. The zero-order chi connectivity index (χ0) is 56.3. The molecule has 3 unspecified atom stereocenters. The summed E-state index contributed by atoms with van der Waals surface area (Å²) in [5.74, 6) is -0.143. The number of nitrogens with one attached hydrogen (secondary N) is 1. The molecule has 0 aromatic rings. The second-order valence-corrected chi connectivity index (χ2v) is 24.9. The molecule has 0 bridgehead atoms. The Morgan fingerprint density at radius 1 is 0.455 bits per heavy atom. The number of phosphoric acid groups is 1. The number of phosphoric ester groups is 1. The van der Waals surface area contributed by atoms with E-state index in [0.717, 1.165) is 77.0 Å². The van der Waals surface area contributed by atoms with Crippen LogP contribution < -0.4 is 5.32 Å². The lowest BCUT2D eigenvalue weighted by Gasteiger charge is -2.26. The van der Waals surface area contributed by atoms with Gasteiger partial charge in [-0.15, -0.1) is 0 Å². The predicted octanol–water partition coefficient (Wildman–Crippen LogP) is 20.6. The number of unbranched alkanes of at least 4 members (excludes halogenated alkanes) is 35. The van der Waals surface area contributed by atoms with Gasteiger partial charge in [0.25, 0.3) is 0 Å². The van der Waals surface area contributed by atoms with Gasteiger partial charge in [-0.3, -0.25) is 13.8 Å². The molecule has 0 rings (SSSR count). The maximum absolute atomic E-state index is 13.1. The number of carbonyl (C=O) groups is 1. The minimum atomic E-state index is -4.33. The molecule has 0 aliphatic rings. The molecule has 77 heavy (non-hydrogen) atoms. The van der Waals surface area contributed by atoms with Gasteiger partial charge in [0.15, 0.2) is 0 Å². The first-order valence-electron chi connectivity index (χ1n) is 32.8. The Hall–Kier alpha value is -2.06. The van der Waals surface area contributed by atoms with Crippen LogP contribution in [0.25, 0.3) is 0 Å². The highest BCUT2D eigenvalue weighted by atomic mass is 31.2. The number of nitrogens with zero attached hydrogens (tertiary/aromatic N) is 1. The van der Waals surface area contributed by atoms with E-state index in [1.54, 1.807) is 0 Å². The van der Waals surface area contributed by atoms with Crippen molar-refractivity contribution < 1.29 is 32.9 Å². The molecule has 0 aromatic heterocycles. The van der Waals surface area contributed by atoms with Gasteiger partial charge in [-0.05, 0) is 64.2 Å². The van der Waals surface area contributed by atoms with Crippen molar-refractivity contribution in [3.05, 3.63) is 72.9 Å². The number of rotatable bonds is 60. The minimum Gasteiger partial charge on any atom is -0.391 e. The van der Waals surface area contributed by atoms with Gasteiger partial charge in [0.05, 0.1) is 39.9 Å². The summed E-state index contributed by atoms with van der Waals surface area (Å²) in [6.45, 7) is 4.81. The second-order valence-electron chi connectivity index (χ2n) is 23.5. The third kappa shape index (κ3) is 61.4. The van der Waals surface area contributed by atoms with Crippen molar-refractivity contribution in [2.45, 2.75) is 315 Å². The average Bonchev–Trinajstić information content (AvgIpc) is 3.39. The highest BCUT2D eigenvalue weighted by Crippen LogP contribution is 2.43. The zero-order valence-electron chi connectivity index (χ0n) is 51.4. The van der Waals surface area contributed by atoms with Crippen LogP contribution in [0.4, 0.5) is 0 Å². The van der Waals surface area contributed by atoms with Crippen molar-refractivity contribution >= 4 is 13.7 Å². The summed E-state index contributed by atoms with van der Waals surface area (Å²) in [5.41, 5.74) is 0. The first-order chi connectivity index (χ1) is 37.5. The summed E-state index contributed by atoms with van der Waals surface area (Å²) >= 11 is 0. The monoisotopic (exact) mass is 1100 g/mol. The first-order valence-corrected chi connectivity index (χ1v) is 34.3. The van der Waals surface area contributed by atoms with Crippen molar-refractivity contribution in [1.29, 1.82) is 0 Å². The molecule has 0 saturated heterocycles. The molecule has 0 aromatic carbocycles. The Labute approximate surface area is 478 Å².